The third kappa shape index (κ3) is 3.12. The molecule has 6 heteroatoms. The van der Waals surface area contributed by atoms with E-state index in [1.165, 1.54) is 7.11 Å². The van der Waals surface area contributed by atoms with Gasteiger partial charge in [0.25, 0.3) is 6.43 Å². The molecule has 0 atom stereocenters. The minimum Gasteiger partial charge on any atom is -0.481 e. The van der Waals surface area contributed by atoms with E-state index in [2.05, 4.69) is 15.3 Å². The number of aromatic nitrogens is 2. The van der Waals surface area contributed by atoms with Crippen molar-refractivity contribution in [1.29, 1.82) is 0 Å². The molecule has 4 nitrogen and oxygen atoms in total. The van der Waals surface area contributed by atoms with Crippen LogP contribution in [0.4, 0.5) is 14.7 Å². The second-order valence-corrected chi connectivity index (χ2v) is 2.65. The number of anilines is 1. The first-order valence-corrected chi connectivity index (χ1v) is 4.03. The zero-order chi connectivity index (χ0) is 10.6. The summed E-state index contributed by atoms with van der Waals surface area (Å²) in [4.78, 5) is 7.76. The van der Waals surface area contributed by atoms with Gasteiger partial charge in [-0.2, -0.15) is 4.98 Å². The lowest BCUT2D eigenvalue weighted by molar-refractivity contribution is 0.163. The first-order valence-electron chi connectivity index (χ1n) is 4.03. The van der Waals surface area contributed by atoms with Crippen LogP contribution < -0.4 is 10.1 Å². The maximum absolute atomic E-state index is 11.9. The van der Waals surface area contributed by atoms with Gasteiger partial charge in [-0.25, -0.2) is 13.8 Å². The van der Waals surface area contributed by atoms with Crippen molar-refractivity contribution < 1.29 is 13.5 Å². The van der Waals surface area contributed by atoms with Crippen molar-refractivity contribution in [2.45, 2.75) is 13.3 Å². The molecule has 0 aliphatic heterocycles. The summed E-state index contributed by atoms with van der Waals surface area (Å²) in [7, 11) is 1.46. The number of alkyl halides is 2. The molecule has 78 valence electrons. The van der Waals surface area contributed by atoms with E-state index in [-0.39, 0.29) is 5.95 Å². The Hall–Kier alpha value is -1.46. The van der Waals surface area contributed by atoms with E-state index in [1.807, 2.05) is 0 Å². The number of aryl methyl sites for hydroxylation is 1. The zero-order valence-electron chi connectivity index (χ0n) is 7.92. The topological polar surface area (TPSA) is 47.0 Å². The van der Waals surface area contributed by atoms with E-state index < -0.39 is 13.0 Å². The van der Waals surface area contributed by atoms with Gasteiger partial charge in [0.1, 0.15) is 0 Å². The lowest BCUT2D eigenvalue weighted by Crippen LogP contribution is -2.13. The van der Waals surface area contributed by atoms with Crippen LogP contribution in [0.15, 0.2) is 6.07 Å². The SMILES string of the molecule is COc1cc(C)nc(NCC(F)F)n1. The van der Waals surface area contributed by atoms with Gasteiger partial charge in [0, 0.05) is 11.8 Å². The van der Waals surface area contributed by atoms with Crippen LogP contribution in [0.25, 0.3) is 0 Å². The second kappa shape index (κ2) is 4.69. The molecule has 1 aromatic heterocycles. The second-order valence-electron chi connectivity index (χ2n) is 2.65. The Bertz CT molecular complexity index is 307. The van der Waals surface area contributed by atoms with E-state index in [1.54, 1.807) is 13.0 Å². The third-order valence-electron chi connectivity index (χ3n) is 1.45. The number of halogens is 2. The van der Waals surface area contributed by atoms with Gasteiger partial charge in [-0.3, -0.25) is 0 Å². The Morgan fingerprint density at radius 3 is 2.79 bits per heavy atom. The minimum absolute atomic E-state index is 0.155. The fourth-order valence-electron chi connectivity index (χ4n) is 0.892. The number of rotatable bonds is 4. The number of nitrogens with one attached hydrogen (secondary N) is 1. The average molecular weight is 203 g/mol. The lowest BCUT2D eigenvalue weighted by Gasteiger charge is -2.06. The van der Waals surface area contributed by atoms with Crippen LogP contribution in [0.3, 0.4) is 0 Å². The van der Waals surface area contributed by atoms with E-state index in [0.29, 0.717) is 11.6 Å². The van der Waals surface area contributed by atoms with Crippen molar-refractivity contribution in [2.75, 3.05) is 19.0 Å². The molecule has 0 bridgehead atoms. The third-order valence-corrected chi connectivity index (χ3v) is 1.45. The summed E-state index contributed by atoms with van der Waals surface area (Å²) < 4.78 is 28.6. The standard InChI is InChI=1S/C8H11F2N3O/c1-5-3-7(14-2)13-8(12-5)11-4-6(9)10/h3,6H,4H2,1-2H3,(H,11,12,13). The molecule has 0 spiro atoms. The summed E-state index contributed by atoms with van der Waals surface area (Å²) in [6, 6.07) is 1.62. The monoisotopic (exact) mass is 203 g/mol. The van der Waals surface area contributed by atoms with Gasteiger partial charge in [0.05, 0.1) is 13.7 Å². The van der Waals surface area contributed by atoms with Crippen molar-refractivity contribution in [2.24, 2.45) is 0 Å². The van der Waals surface area contributed by atoms with Crippen LogP contribution in [0.5, 0.6) is 5.88 Å². The van der Waals surface area contributed by atoms with E-state index >= 15 is 0 Å². The van der Waals surface area contributed by atoms with Gasteiger partial charge < -0.3 is 10.1 Å². The van der Waals surface area contributed by atoms with Crippen molar-refractivity contribution in [3.63, 3.8) is 0 Å². The molecule has 0 aromatic carbocycles. The van der Waals surface area contributed by atoms with Gasteiger partial charge in [-0.1, -0.05) is 0 Å². The minimum atomic E-state index is -2.43. The largest absolute Gasteiger partial charge is 0.481 e. The van der Waals surface area contributed by atoms with E-state index in [9.17, 15) is 8.78 Å². The zero-order valence-corrected chi connectivity index (χ0v) is 7.92. The maximum atomic E-state index is 11.9. The summed E-state index contributed by atoms with van der Waals surface area (Å²) in [5, 5.41) is 2.41. The molecular weight excluding hydrogens is 192 g/mol. The fraction of sp³-hybridized carbons (Fsp3) is 0.500. The Morgan fingerprint density at radius 1 is 1.50 bits per heavy atom. The first-order chi connectivity index (χ1) is 6.61. The van der Waals surface area contributed by atoms with Crippen LogP contribution in [-0.4, -0.2) is 30.0 Å². The summed E-state index contributed by atoms with van der Waals surface area (Å²) in [6.45, 7) is 1.27. The number of hydrogen-bond donors (Lipinski definition) is 1. The highest BCUT2D eigenvalue weighted by atomic mass is 19.3. The molecule has 0 aliphatic rings. The van der Waals surface area contributed by atoms with Crippen LogP contribution in [0.2, 0.25) is 0 Å². The highest BCUT2D eigenvalue weighted by Gasteiger charge is 2.05. The van der Waals surface area contributed by atoms with Crippen molar-refractivity contribution in [1.82, 2.24) is 9.97 Å². The first kappa shape index (κ1) is 10.6. The lowest BCUT2D eigenvalue weighted by atomic mass is 10.4. The van der Waals surface area contributed by atoms with Crippen LogP contribution >= 0.6 is 0 Å². The van der Waals surface area contributed by atoms with Crippen molar-refractivity contribution in [3.05, 3.63) is 11.8 Å². The summed E-state index contributed by atoms with van der Waals surface area (Å²) in [6.07, 6.45) is -2.43. The molecule has 14 heavy (non-hydrogen) atoms. The number of hydrogen-bond acceptors (Lipinski definition) is 4. The highest BCUT2D eigenvalue weighted by Crippen LogP contribution is 2.11. The number of methoxy groups -OCH3 is 1. The molecule has 0 amide bonds. The highest BCUT2D eigenvalue weighted by molar-refractivity contribution is 5.30. The van der Waals surface area contributed by atoms with E-state index in [0.717, 1.165) is 0 Å². The Labute approximate surface area is 80.3 Å². The number of ether oxygens (including phenoxy) is 1. The molecule has 1 N–H and O–H groups in total. The molecule has 0 radical (unpaired) electrons. The van der Waals surface area contributed by atoms with Crippen molar-refractivity contribution in [3.8, 4) is 5.88 Å². The summed E-state index contributed by atoms with van der Waals surface area (Å²) in [5.74, 6) is 0.511. The fourth-order valence-corrected chi connectivity index (χ4v) is 0.892. The van der Waals surface area contributed by atoms with Gasteiger partial charge in [0.2, 0.25) is 11.8 Å². The Morgan fingerprint density at radius 2 is 2.21 bits per heavy atom. The van der Waals surface area contributed by atoms with Gasteiger partial charge in [-0.05, 0) is 6.92 Å². The van der Waals surface area contributed by atoms with Gasteiger partial charge in [-0.15, -0.1) is 0 Å². The van der Waals surface area contributed by atoms with Crippen LogP contribution in [0.1, 0.15) is 5.69 Å². The van der Waals surface area contributed by atoms with E-state index in [4.69, 9.17) is 4.74 Å². The average Bonchev–Trinajstić information content (AvgIpc) is 2.14. The quantitative estimate of drug-likeness (QED) is 0.804. The molecule has 1 aromatic rings. The summed E-state index contributed by atoms with van der Waals surface area (Å²) in [5.41, 5.74) is 0.661. The molecule has 0 saturated carbocycles. The molecule has 0 unspecified atom stereocenters. The smallest absolute Gasteiger partial charge is 0.255 e. The van der Waals surface area contributed by atoms with Crippen molar-refractivity contribution >= 4 is 5.95 Å². The Balaban J connectivity index is 2.71. The predicted molar refractivity (Wildman–Crippen MR) is 47.8 cm³/mol. The Kier molecular flexibility index (Phi) is 3.55. The molecule has 0 saturated heterocycles. The maximum Gasteiger partial charge on any atom is 0.255 e. The molecule has 0 fully saturated rings. The van der Waals surface area contributed by atoms with Crippen LogP contribution in [0, 0.1) is 6.92 Å². The molecule has 0 aliphatic carbocycles. The normalized spacial score (nSPS) is 10.4. The van der Waals surface area contributed by atoms with Gasteiger partial charge >= 0.3 is 0 Å². The molecule has 1 heterocycles. The van der Waals surface area contributed by atoms with Gasteiger partial charge in [0.15, 0.2) is 0 Å². The van der Waals surface area contributed by atoms with Crippen LogP contribution in [-0.2, 0) is 0 Å². The summed E-state index contributed by atoms with van der Waals surface area (Å²) >= 11 is 0. The molecule has 1 rings (SSSR count). The number of nitrogens with zero attached hydrogens (tertiary/aromatic N) is 2. The molecular formula is C8H11F2N3O. The predicted octanol–water partition coefficient (Wildman–Crippen LogP) is 1.47.